The summed E-state index contributed by atoms with van der Waals surface area (Å²) in [5.74, 6) is 5.14. The molecule has 0 N–H and O–H groups in total. The van der Waals surface area contributed by atoms with Crippen LogP contribution in [0.1, 0.15) is 119 Å². The van der Waals surface area contributed by atoms with Crippen molar-refractivity contribution in [2.24, 2.45) is 46.3 Å². The maximum atomic E-state index is 12.2. The fourth-order valence-corrected chi connectivity index (χ4v) is 10.3. The van der Waals surface area contributed by atoms with Gasteiger partial charge in [0.1, 0.15) is 6.10 Å². The molecule has 0 spiro atoms. The maximum Gasteiger partial charge on any atom is 0.306 e. The van der Waals surface area contributed by atoms with E-state index in [1.165, 1.54) is 57.8 Å². The first-order chi connectivity index (χ1) is 16.1. The van der Waals surface area contributed by atoms with Crippen LogP contribution in [0.5, 0.6) is 0 Å². The molecule has 2 nitrogen and oxygen atoms in total. The molecule has 34 heavy (non-hydrogen) atoms. The van der Waals surface area contributed by atoms with Crippen molar-refractivity contribution in [3.63, 3.8) is 0 Å². The molecule has 0 amide bonds. The van der Waals surface area contributed by atoms with E-state index in [-0.39, 0.29) is 22.3 Å². The van der Waals surface area contributed by atoms with Gasteiger partial charge in [-0.05, 0) is 97.7 Å². The van der Waals surface area contributed by atoms with Crippen LogP contribution < -0.4 is 0 Å². The summed E-state index contributed by atoms with van der Waals surface area (Å²) in [4.78, 5) is 12.4. The van der Waals surface area contributed by atoms with E-state index in [0.29, 0.717) is 11.8 Å². The van der Waals surface area contributed by atoms with Crippen molar-refractivity contribution >= 4 is 21.9 Å². The molecule has 0 aromatic heterocycles. The zero-order valence-corrected chi connectivity index (χ0v) is 24.5. The highest BCUT2D eigenvalue weighted by Crippen LogP contribution is 2.67. The highest BCUT2D eigenvalue weighted by Gasteiger charge is 2.60. The van der Waals surface area contributed by atoms with Crippen molar-refractivity contribution in [2.45, 2.75) is 130 Å². The number of hydrogen-bond donors (Lipinski definition) is 0. The van der Waals surface area contributed by atoms with Crippen molar-refractivity contribution in [1.29, 1.82) is 0 Å². The number of allylic oxidation sites excluding steroid dienone is 1. The number of esters is 1. The monoisotopic (exact) mass is 534 g/mol. The van der Waals surface area contributed by atoms with Gasteiger partial charge < -0.3 is 4.74 Å². The fraction of sp³-hybridized carbons (Fsp3) is 0.903. The van der Waals surface area contributed by atoms with Crippen molar-refractivity contribution in [3.8, 4) is 0 Å². The van der Waals surface area contributed by atoms with Gasteiger partial charge in [0.25, 0.3) is 0 Å². The normalized spacial score (nSPS) is 42.4. The Morgan fingerprint density at radius 2 is 1.85 bits per heavy atom. The van der Waals surface area contributed by atoms with E-state index in [1.807, 2.05) is 6.92 Å². The summed E-state index contributed by atoms with van der Waals surface area (Å²) in [5, 5.41) is 0. The summed E-state index contributed by atoms with van der Waals surface area (Å²) in [6.45, 7) is 14.6. The predicted octanol–water partition coefficient (Wildman–Crippen LogP) is 9.11. The van der Waals surface area contributed by atoms with Crippen LogP contribution in [0.25, 0.3) is 0 Å². The van der Waals surface area contributed by atoms with E-state index >= 15 is 0 Å². The average Bonchev–Trinajstić information content (AvgIpc) is 3.13. The lowest BCUT2D eigenvalue weighted by Gasteiger charge is -2.59. The molecule has 4 aliphatic rings. The van der Waals surface area contributed by atoms with Gasteiger partial charge >= 0.3 is 5.97 Å². The summed E-state index contributed by atoms with van der Waals surface area (Å²) in [7, 11) is 0. The van der Waals surface area contributed by atoms with Gasteiger partial charge in [-0.2, -0.15) is 0 Å². The second-order valence-electron chi connectivity index (χ2n) is 13.4. The van der Waals surface area contributed by atoms with Crippen molar-refractivity contribution in [1.82, 2.24) is 0 Å². The van der Waals surface area contributed by atoms with Crippen LogP contribution in [0.3, 0.4) is 0 Å². The third-order valence-corrected chi connectivity index (χ3v) is 12.1. The van der Waals surface area contributed by atoms with Crippen LogP contribution >= 0.6 is 15.9 Å². The van der Waals surface area contributed by atoms with Crippen LogP contribution in [-0.2, 0) is 9.53 Å². The first-order valence-corrected chi connectivity index (χ1v) is 15.6. The van der Waals surface area contributed by atoms with E-state index in [2.05, 4.69) is 56.6 Å². The molecule has 0 heterocycles. The molecule has 2 unspecified atom stereocenters. The van der Waals surface area contributed by atoms with Crippen LogP contribution in [0, 0.1) is 46.3 Å². The molecule has 0 aromatic carbocycles. The Hall–Kier alpha value is -0.310. The Morgan fingerprint density at radius 1 is 1.09 bits per heavy atom. The molecule has 0 aromatic rings. The molecule has 0 aliphatic heterocycles. The Balaban J connectivity index is 1.47. The van der Waals surface area contributed by atoms with Crippen molar-refractivity contribution in [3.05, 3.63) is 11.6 Å². The Kier molecular flexibility index (Phi) is 8.33. The number of halogens is 1. The molecule has 0 radical (unpaired) electrons. The standard InChI is InChI=1S/C31H51BrO2/c1-7-9-28(33)34-27-17-19-31(6)25-16-18-30(5)23(21(4)11-8-10-20(2)3)14-15-24(30)22(25)12-13-26(31)29(27)32/h13,20-25,27,29H,7-12,14-19H2,1-6H3/t21?,22-,23+,24-,25-,27-,29?,30+,31+/m0/s1. The van der Waals surface area contributed by atoms with Gasteiger partial charge in [-0.1, -0.05) is 88.4 Å². The summed E-state index contributed by atoms with van der Waals surface area (Å²) in [6.07, 6.45) is 17.3. The maximum absolute atomic E-state index is 12.2. The quantitative estimate of drug-likeness (QED) is 0.176. The molecule has 0 saturated heterocycles. The Morgan fingerprint density at radius 3 is 2.56 bits per heavy atom. The van der Waals surface area contributed by atoms with Crippen LogP contribution in [0.2, 0.25) is 0 Å². The third-order valence-electron chi connectivity index (χ3n) is 11.0. The molecule has 4 aliphatic carbocycles. The first kappa shape index (κ1) is 26.7. The van der Waals surface area contributed by atoms with Crippen LogP contribution in [-0.4, -0.2) is 16.9 Å². The van der Waals surface area contributed by atoms with E-state index in [0.717, 1.165) is 48.3 Å². The SMILES string of the molecule is CCCC(=O)O[C@H]1CC[C@@]2(C)C(=CC[C@H]3[C@@H]4CC[C@H](C(C)CCCC(C)C)[C@@]4(C)CC[C@@H]32)C1Br. The van der Waals surface area contributed by atoms with Crippen molar-refractivity contribution < 1.29 is 9.53 Å². The summed E-state index contributed by atoms with van der Waals surface area (Å²) in [5.41, 5.74) is 2.36. The lowest BCUT2D eigenvalue weighted by atomic mass is 9.47. The lowest BCUT2D eigenvalue weighted by molar-refractivity contribution is -0.151. The molecule has 3 heteroatoms. The molecule has 194 valence electrons. The number of alkyl halides is 1. The second-order valence-corrected chi connectivity index (χ2v) is 14.4. The average molecular weight is 536 g/mol. The first-order valence-electron chi connectivity index (χ1n) is 14.7. The van der Waals surface area contributed by atoms with Gasteiger partial charge in [0.05, 0.1) is 4.83 Å². The number of hydrogen-bond acceptors (Lipinski definition) is 2. The summed E-state index contributed by atoms with van der Waals surface area (Å²) in [6, 6.07) is 0. The minimum Gasteiger partial charge on any atom is -0.461 e. The molecular weight excluding hydrogens is 484 g/mol. The molecule has 3 fully saturated rings. The van der Waals surface area contributed by atoms with E-state index in [4.69, 9.17) is 4.74 Å². The minimum absolute atomic E-state index is 0.00586. The largest absolute Gasteiger partial charge is 0.461 e. The van der Waals surface area contributed by atoms with Crippen LogP contribution in [0.15, 0.2) is 11.6 Å². The highest BCUT2D eigenvalue weighted by molar-refractivity contribution is 9.09. The number of fused-ring (bicyclic) bond motifs is 5. The minimum atomic E-state index is -0.0252. The Labute approximate surface area is 218 Å². The topological polar surface area (TPSA) is 26.3 Å². The van der Waals surface area contributed by atoms with Gasteiger partial charge in [-0.3, -0.25) is 4.79 Å². The molecular formula is C31H51BrO2. The number of ether oxygens (including phenoxy) is 1. The molecule has 9 atom stereocenters. The van der Waals surface area contributed by atoms with Gasteiger partial charge in [-0.15, -0.1) is 0 Å². The van der Waals surface area contributed by atoms with E-state index < -0.39 is 0 Å². The third kappa shape index (κ3) is 4.82. The predicted molar refractivity (Wildman–Crippen MR) is 146 cm³/mol. The molecule has 0 bridgehead atoms. The second kappa shape index (κ2) is 10.6. The fourth-order valence-electron chi connectivity index (χ4n) is 9.24. The lowest BCUT2D eigenvalue weighted by Crippen LogP contribution is -2.53. The van der Waals surface area contributed by atoms with Gasteiger partial charge in [0.2, 0.25) is 0 Å². The molecule has 4 rings (SSSR count). The van der Waals surface area contributed by atoms with Gasteiger partial charge in [-0.25, -0.2) is 0 Å². The zero-order valence-electron chi connectivity index (χ0n) is 22.9. The zero-order chi connectivity index (χ0) is 24.7. The van der Waals surface area contributed by atoms with Crippen LogP contribution in [0.4, 0.5) is 0 Å². The van der Waals surface area contributed by atoms with Gasteiger partial charge in [0, 0.05) is 6.42 Å². The van der Waals surface area contributed by atoms with Crippen molar-refractivity contribution in [2.75, 3.05) is 0 Å². The number of rotatable bonds is 8. The summed E-state index contributed by atoms with van der Waals surface area (Å²) >= 11 is 4.01. The van der Waals surface area contributed by atoms with Gasteiger partial charge in [0.15, 0.2) is 0 Å². The van der Waals surface area contributed by atoms with E-state index in [9.17, 15) is 4.79 Å². The summed E-state index contributed by atoms with van der Waals surface area (Å²) < 4.78 is 5.92. The number of carbonyl (C=O) groups excluding carboxylic acids is 1. The number of carbonyl (C=O) groups is 1. The Bertz CT molecular complexity index is 759. The highest BCUT2D eigenvalue weighted by atomic mass is 79.9. The van der Waals surface area contributed by atoms with E-state index in [1.54, 1.807) is 5.57 Å². The smallest absolute Gasteiger partial charge is 0.306 e. The molecule has 3 saturated carbocycles.